The summed E-state index contributed by atoms with van der Waals surface area (Å²) < 4.78 is 0. The standard InChI is InChI=1S/2C49H29N5/c1-3-10-30(11-4-1)40-26-20-32-17-18-33-21-27-42(52-46(33)45(32)51-40)35-24-25-38(48-36(35)15-9-29-50-48)43-28-22-34-19-23-39-44(31-12-5-2-6-13-31)37-14-7-8-16-41(37)54-49(39)47(34)53-43;1-3-9-30(10-4-1)39-24-18-32-15-16-33-19-25-41(52-47(33)46(32)51-39)36-21-26-40-35(29-36)22-28-43(50-40)44-27-20-34-17-23-38-45(31-11-5-2-6-12-31)37-13-7-8-14-42(37)53-49(38)48(34)54-44/h2*1-29H. The van der Waals surface area contributed by atoms with Crippen LogP contribution in [0.5, 0.6) is 0 Å². The van der Waals surface area contributed by atoms with Gasteiger partial charge in [-0.05, 0) is 90.0 Å². The van der Waals surface area contributed by atoms with E-state index in [0.29, 0.717) is 0 Å². The van der Waals surface area contributed by atoms with Crippen LogP contribution in [-0.4, -0.2) is 49.8 Å². The molecule has 10 heterocycles. The summed E-state index contributed by atoms with van der Waals surface area (Å²) in [5.41, 5.74) is 26.6. The van der Waals surface area contributed by atoms with Gasteiger partial charge in [-0.15, -0.1) is 0 Å². The van der Waals surface area contributed by atoms with Crippen LogP contribution in [0.1, 0.15) is 0 Å². The van der Waals surface area contributed by atoms with Crippen molar-refractivity contribution in [3.8, 4) is 89.9 Å². The lowest BCUT2D eigenvalue weighted by Gasteiger charge is -2.14. The first-order valence-electron chi connectivity index (χ1n) is 36.2. The molecule has 0 fully saturated rings. The summed E-state index contributed by atoms with van der Waals surface area (Å²) >= 11 is 0. The van der Waals surface area contributed by atoms with Gasteiger partial charge in [0.1, 0.15) is 0 Å². The highest BCUT2D eigenvalue weighted by molar-refractivity contribution is 6.18. The highest BCUT2D eigenvalue weighted by atomic mass is 14.8. The van der Waals surface area contributed by atoms with E-state index in [1.165, 1.54) is 11.1 Å². The number of hydrogen-bond donors (Lipinski definition) is 0. The lowest BCUT2D eigenvalue weighted by molar-refractivity contribution is 1.32. The van der Waals surface area contributed by atoms with Crippen LogP contribution >= 0.6 is 0 Å². The van der Waals surface area contributed by atoms with Crippen molar-refractivity contribution in [1.29, 1.82) is 0 Å². The van der Waals surface area contributed by atoms with Crippen molar-refractivity contribution in [3.63, 3.8) is 0 Å². The Morgan fingerprint density at radius 3 is 0.991 bits per heavy atom. The fourth-order valence-corrected chi connectivity index (χ4v) is 15.6. The molecule has 10 aromatic heterocycles. The molecule has 10 heteroatoms. The smallest absolute Gasteiger partial charge is 0.0978 e. The van der Waals surface area contributed by atoms with Gasteiger partial charge in [0.25, 0.3) is 0 Å². The predicted octanol–water partition coefficient (Wildman–Crippen LogP) is 24.5. The van der Waals surface area contributed by atoms with Crippen LogP contribution in [0.2, 0.25) is 0 Å². The van der Waals surface area contributed by atoms with Gasteiger partial charge in [-0.3, -0.25) is 4.98 Å². The van der Waals surface area contributed by atoms with Crippen LogP contribution in [0.3, 0.4) is 0 Å². The zero-order valence-corrected chi connectivity index (χ0v) is 58.0. The fourth-order valence-electron chi connectivity index (χ4n) is 15.6. The molecule has 22 aromatic rings. The molecule has 0 saturated carbocycles. The molecule has 0 aliphatic carbocycles. The zero-order valence-electron chi connectivity index (χ0n) is 58.0. The maximum absolute atomic E-state index is 5.35. The number of pyridine rings is 10. The normalized spacial score (nSPS) is 11.7. The summed E-state index contributed by atoms with van der Waals surface area (Å²) in [7, 11) is 0. The van der Waals surface area contributed by atoms with E-state index in [-0.39, 0.29) is 0 Å². The second-order valence-electron chi connectivity index (χ2n) is 27.3. The van der Waals surface area contributed by atoms with Crippen molar-refractivity contribution in [3.05, 3.63) is 352 Å². The van der Waals surface area contributed by atoms with Gasteiger partial charge in [-0.2, -0.15) is 0 Å². The summed E-state index contributed by atoms with van der Waals surface area (Å²) in [4.78, 5) is 51.7. The van der Waals surface area contributed by atoms with E-state index in [1.54, 1.807) is 0 Å². The van der Waals surface area contributed by atoms with E-state index >= 15 is 0 Å². The summed E-state index contributed by atoms with van der Waals surface area (Å²) in [5.74, 6) is 0. The average molecular weight is 1380 g/mol. The summed E-state index contributed by atoms with van der Waals surface area (Å²) in [6.45, 7) is 0. The fraction of sp³-hybridized carbons (Fsp3) is 0. The number of fused-ring (bicyclic) bond motifs is 16. The van der Waals surface area contributed by atoms with Crippen molar-refractivity contribution < 1.29 is 0 Å². The van der Waals surface area contributed by atoms with Crippen LogP contribution in [0.25, 0.3) is 221 Å². The Morgan fingerprint density at radius 1 is 0.157 bits per heavy atom. The molecule has 0 aliphatic heterocycles. The van der Waals surface area contributed by atoms with Crippen LogP contribution in [-0.2, 0) is 0 Å². The lowest BCUT2D eigenvalue weighted by atomic mass is 9.95. The third-order valence-electron chi connectivity index (χ3n) is 20.9. The SMILES string of the molecule is c1ccc(-c2ccc3ccc4ccc(-c5ccc(-c6ccc7ccc8c(-c9ccccc9)c9ccccc9nc8c7n6)c6ncccc56)nc4c3n2)cc1.c1ccc(-c2ccc3ccc4ccc(-c5ccc6nc(-c7ccc8ccc9c(-c%10ccccc%10)c%10ccccc%10nc9c8n7)ccc6c5)nc4c3n2)cc1. The highest BCUT2D eigenvalue weighted by Crippen LogP contribution is 2.43. The molecular weight excluding hydrogens is 1320 g/mol. The number of hydrogen-bond acceptors (Lipinski definition) is 10. The number of nitrogens with zero attached hydrogens (tertiary/aromatic N) is 10. The molecule has 500 valence electrons. The summed E-state index contributed by atoms with van der Waals surface area (Å²) in [5, 5.41) is 12.8. The highest BCUT2D eigenvalue weighted by Gasteiger charge is 2.21. The first-order chi connectivity index (χ1) is 53.5. The van der Waals surface area contributed by atoms with Gasteiger partial charge in [0.05, 0.1) is 106 Å². The number of aromatic nitrogens is 10. The molecule has 22 rings (SSSR count). The average Bonchev–Trinajstić information content (AvgIpc) is 0.715. The van der Waals surface area contributed by atoms with Crippen LogP contribution in [0, 0.1) is 0 Å². The van der Waals surface area contributed by atoms with Gasteiger partial charge in [0.15, 0.2) is 0 Å². The molecule has 0 bridgehead atoms. The van der Waals surface area contributed by atoms with E-state index < -0.39 is 0 Å². The molecule has 12 aromatic carbocycles. The van der Waals surface area contributed by atoms with Crippen LogP contribution < -0.4 is 0 Å². The summed E-state index contributed by atoms with van der Waals surface area (Å²) in [6.07, 6.45) is 1.85. The minimum Gasteiger partial charge on any atom is -0.256 e. The van der Waals surface area contributed by atoms with Gasteiger partial charge >= 0.3 is 0 Å². The van der Waals surface area contributed by atoms with Gasteiger partial charge in [0, 0.05) is 110 Å². The Kier molecular flexibility index (Phi) is 14.7. The van der Waals surface area contributed by atoms with E-state index in [9.17, 15) is 0 Å². The van der Waals surface area contributed by atoms with Gasteiger partial charge in [-0.25, -0.2) is 44.9 Å². The largest absolute Gasteiger partial charge is 0.256 e. The Morgan fingerprint density at radius 2 is 0.500 bits per heavy atom. The van der Waals surface area contributed by atoms with Gasteiger partial charge in [0.2, 0.25) is 0 Å². The van der Waals surface area contributed by atoms with Crippen molar-refractivity contribution >= 4 is 131 Å². The molecule has 0 unspecified atom stereocenters. The maximum atomic E-state index is 5.35. The molecule has 0 atom stereocenters. The zero-order chi connectivity index (χ0) is 71.2. The second kappa shape index (κ2) is 25.6. The lowest BCUT2D eigenvalue weighted by Crippen LogP contribution is -1.95. The molecule has 0 N–H and O–H groups in total. The van der Waals surface area contributed by atoms with E-state index in [4.69, 9.17) is 49.8 Å². The van der Waals surface area contributed by atoms with Crippen molar-refractivity contribution in [2.45, 2.75) is 0 Å². The summed E-state index contributed by atoms with van der Waals surface area (Å²) in [6, 6.07) is 120. The molecular formula is C98H58N10. The third kappa shape index (κ3) is 10.7. The molecule has 0 saturated heterocycles. The second-order valence-corrected chi connectivity index (χ2v) is 27.3. The van der Waals surface area contributed by atoms with E-state index in [2.05, 4.69) is 291 Å². The molecule has 10 nitrogen and oxygen atoms in total. The molecule has 0 radical (unpaired) electrons. The third-order valence-corrected chi connectivity index (χ3v) is 20.9. The number of benzene rings is 12. The Labute approximate surface area is 618 Å². The number of para-hydroxylation sites is 2. The Bertz CT molecular complexity index is 7430. The van der Waals surface area contributed by atoms with Crippen molar-refractivity contribution in [1.82, 2.24) is 49.8 Å². The van der Waals surface area contributed by atoms with Gasteiger partial charge in [-0.1, -0.05) is 267 Å². The number of rotatable bonds is 8. The predicted molar refractivity (Wildman–Crippen MR) is 444 cm³/mol. The molecule has 0 spiro atoms. The minimum atomic E-state index is 0.808. The maximum Gasteiger partial charge on any atom is 0.0978 e. The van der Waals surface area contributed by atoms with Gasteiger partial charge < -0.3 is 0 Å². The van der Waals surface area contributed by atoms with E-state index in [0.717, 1.165) is 210 Å². The first-order valence-corrected chi connectivity index (χ1v) is 36.2. The molecule has 0 aliphatic rings. The van der Waals surface area contributed by atoms with E-state index in [1.807, 2.05) is 60.8 Å². The van der Waals surface area contributed by atoms with Crippen molar-refractivity contribution in [2.75, 3.05) is 0 Å². The molecule has 108 heavy (non-hydrogen) atoms. The van der Waals surface area contributed by atoms with Crippen LogP contribution in [0.4, 0.5) is 0 Å². The Hall–Kier alpha value is -14.7. The molecule has 0 amide bonds. The van der Waals surface area contributed by atoms with Crippen molar-refractivity contribution in [2.24, 2.45) is 0 Å². The monoisotopic (exact) mass is 1370 g/mol. The quantitative estimate of drug-likeness (QED) is 0.107. The first kappa shape index (κ1) is 61.9. The Balaban J connectivity index is 0.000000138. The van der Waals surface area contributed by atoms with Crippen LogP contribution in [0.15, 0.2) is 352 Å². The topological polar surface area (TPSA) is 129 Å². The minimum absolute atomic E-state index is 0.808.